The zero-order valence-electron chi connectivity index (χ0n) is 8.36. The molecule has 0 fully saturated rings. The molecular weight excluding hydrogens is 211 g/mol. The van der Waals surface area contributed by atoms with Crippen molar-refractivity contribution in [3.8, 4) is 36.5 Å². The van der Waals surface area contributed by atoms with Crippen LogP contribution in [0.3, 0.4) is 0 Å². The Morgan fingerprint density at radius 1 is 1.40 bits per heavy atom. The highest BCUT2D eigenvalue weighted by molar-refractivity contribution is 7.66. The van der Waals surface area contributed by atoms with Gasteiger partial charge in [0, 0.05) is 0 Å². The summed E-state index contributed by atoms with van der Waals surface area (Å²) in [6.45, 7) is 1.48. The van der Waals surface area contributed by atoms with Gasteiger partial charge in [-0.05, 0) is 6.92 Å². The molecule has 0 aromatic rings. The van der Waals surface area contributed by atoms with Crippen LogP contribution >= 0.6 is 7.14 Å². The third-order valence-corrected chi connectivity index (χ3v) is 4.43. The molecule has 0 heterocycles. The monoisotopic (exact) mass is 222 g/mol. The van der Waals surface area contributed by atoms with Crippen LogP contribution in [0.15, 0.2) is 0 Å². The fraction of sp³-hybridized carbons (Fsp3) is 0.364. The summed E-state index contributed by atoms with van der Waals surface area (Å²) in [5.74, 6) is 7.98. The normalized spacial score (nSPS) is 11.4. The van der Waals surface area contributed by atoms with E-state index in [4.69, 9.17) is 18.0 Å². The lowest BCUT2D eigenvalue weighted by atomic mass is 10.4. The van der Waals surface area contributed by atoms with Crippen molar-refractivity contribution in [2.45, 2.75) is 12.6 Å². The lowest BCUT2D eigenvalue weighted by Crippen LogP contribution is -2.21. The molecule has 0 spiro atoms. The van der Waals surface area contributed by atoms with Crippen LogP contribution in [-0.2, 0) is 9.36 Å². The number of hydrogen-bond donors (Lipinski definition) is 1. The summed E-state index contributed by atoms with van der Waals surface area (Å²) in [6, 6.07) is 0. The average molecular weight is 222 g/mol. The van der Waals surface area contributed by atoms with E-state index in [2.05, 4.69) is 23.7 Å². The maximum Gasteiger partial charge on any atom is 0.326 e. The maximum absolute atomic E-state index is 12.2. The van der Waals surface area contributed by atoms with E-state index in [1.165, 1.54) is 6.92 Å². The SMILES string of the molecule is C#CCP(=O)(CC#C)C(C#CC)C(=O)O. The van der Waals surface area contributed by atoms with E-state index in [9.17, 15) is 9.36 Å². The predicted molar refractivity (Wildman–Crippen MR) is 59.9 cm³/mol. The third kappa shape index (κ3) is 3.55. The first-order valence-electron chi connectivity index (χ1n) is 4.11. The van der Waals surface area contributed by atoms with Gasteiger partial charge in [0.15, 0.2) is 5.66 Å². The van der Waals surface area contributed by atoms with Crippen LogP contribution in [0.4, 0.5) is 0 Å². The van der Waals surface area contributed by atoms with Gasteiger partial charge < -0.3 is 9.67 Å². The van der Waals surface area contributed by atoms with E-state index < -0.39 is 18.8 Å². The highest BCUT2D eigenvalue weighted by Gasteiger charge is 2.35. The molecule has 0 aliphatic carbocycles. The number of terminal acetylenes is 2. The molecule has 78 valence electrons. The second kappa shape index (κ2) is 5.98. The minimum absolute atomic E-state index is 0.136. The predicted octanol–water partition coefficient (Wildman–Crippen LogP) is 1.09. The van der Waals surface area contributed by atoms with Gasteiger partial charge in [-0.3, -0.25) is 4.79 Å². The Kier molecular flexibility index (Phi) is 5.33. The largest absolute Gasteiger partial charge is 0.480 e. The summed E-state index contributed by atoms with van der Waals surface area (Å²) in [6.07, 6.45) is 9.82. The molecule has 15 heavy (non-hydrogen) atoms. The van der Waals surface area contributed by atoms with E-state index in [0.717, 1.165) is 0 Å². The molecule has 0 amide bonds. The molecule has 1 unspecified atom stereocenters. The van der Waals surface area contributed by atoms with Gasteiger partial charge in [-0.2, -0.15) is 0 Å². The summed E-state index contributed by atoms with van der Waals surface area (Å²) < 4.78 is 12.2. The smallest absolute Gasteiger partial charge is 0.326 e. The molecule has 0 aromatic carbocycles. The second-order valence-corrected chi connectivity index (χ2v) is 5.87. The molecule has 4 heteroatoms. The Morgan fingerprint density at radius 2 is 1.87 bits per heavy atom. The first kappa shape index (κ1) is 13.4. The first-order valence-corrected chi connectivity index (χ1v) is 6.26. The van der Waals surface area contributed by atoms with Crippen molar-refractivity contribution < 1.29 is 14.5 Å². The molecule has 0 saturated carbocycles. The van der Waals surface area contributed by atoms with Crippen LogP contribution < -0.4 is 0 Å². The van der Waals surface area contributed by atoms with E-state index >= 15 is 0 Å². The van der Waals surface area contributed by atoms with E-state index in [-0.39, 0.29) is 12.3 Å². The van der Waals surface area contributed by atoms with Gasteiger partial charge in [0.2, 0.25) is 0 Å². The summed E-state index contributed by atoms with van der Waals surface area (Å²) in [5, 5.41) is 8.88. The lowest BCUT2D eigenvalue weighted by molar-refractivity contribution is -0.135. The molecule has 3 nitrogen and oxygen atoms in total. The Balaban J connectivity index is 5.28. The van der Waals surface area contributed by atoms with Crippen LogP contribution in [0.1, 0.15) is 6.92 Å². The Hall–Kier alpha value is -1.62. The number of carboxylic acid groups (broad SMARTS) is 1. The Labute approximate surface area is 89.6 Å². The van der Waals surface area contributed by atoms with Crippen molar-refractivity contribution in [1.29, 1.82) is 0 Å². The van der Waals surface area contributed by atoms with Crippen molar-refractivity contribution in [3.63, 3.8) is 0 Å². The lowest BCUT2D eigenvalue weighted by Gasteiger charge is -2.16. The van der Waals surface area contributed by atoms with Crippen LogP contribution in [-0.4, -0.2) is 29.1 Å². The van der Waals surface area contributed by atoms with Crippen molar-refractivity contribution in [1.82, 2.24) is 0 Å². The summed E-state index contributed by atoms with van der Waals surface area (Å²) in [5.41, 5.74) is -1.26. The first-order chi connectivity index (χ1) is 7.01. The fourth-order valence-electron chi connectivity index (χ4n) is 1.06. The van der Waals surface area contributed by atoms with Gasteiger partial charge in [-0.1, -0.05) is 17.8 Å². The summed E-state index contributed by atoms with van der Waals surface area (Å²) >= 11 is 0. The second-order valence-electron chi connectivity index (χ2n) is 2.81. The molecule has 0 radical (unpaired) electrons. The zero-order chi connectivity index (χ0) is 11.9. The van der Waals surface area contributed by atoms with Crippen molar-refractivity contribution in [2.75, 3.05) is 12.3 Å². The topological polar surface area (TPSA) is 54.4 Å². The number of rotatable bonds is 4. The van der Waals surface area contributed by atoms with Gasteiger partial charge in [-0.15, -0.1) is 18.8 Å². The molecule has 0 aromatic heterocycles. The molecule has 0 saturated heterocycles. The summed E-state index contributed by atoms with van der Waals surface area (Å²) in [7, 11) is -3.15. The van der Waals surface area contributed by atoms with Crippen molar-refractivity contribution in [3.05, 3.63) is 0 Å². The van der Waals surface area contributed by atoms with E-state index in [0.29, 0.717) is 0 Å². The van der Waals surface area contributed by atoms with Crippen molar-refractivity contribution >= 4 is 13.1 Å². The quantitative estimate of drug-likeness (QED) is 0.572. The number of carbonyl (C=O) groups is 1. The molecule has 0 rings (SSSR count). The number of hydrogen-bond acceptors (Lipinski definition) is 2. The van der Waals surface area contributed by atoms with Crippen LogP contribution in [0, 0.1) is 36.5 Å². The molecule has 1 atom stereocenters. The number of aliphatic carboxylic acids is 1. The molecule has 0 aliphatic heterocycles. The molecule has 0 aliphatic rings. The van der Waals surface area contributed by atoms with Gasteiger partial charge in [0.25, 0.3) is 0 Å². The van der Waals surface area contributed by atoms with Gasteiger partial charge in [-0.25, -0.2) is 0 Å². The van der Waals surface area contributed by atoms with Crippen LogP contribution in [0.2, 0.25) is 0 Å². The highest BCUT2D eigenvalue weighted by atomic mass is 31.2. The van der Waals surface area contributed by atoms with E-state index in [1.54, 1.807) is 0 Å². The van der Waals surface area contributed by atoms with E-state index in [1.807, 2.05) is 0 Å². The minimum atomic E-state index is -3.15. The zero-order valence-corrected chi connectivity index (χ0v) is 9.25. The maximum atomic E-state index is 12.2. The highest BCUT2D eigenvalue weighted by Crippen LogP contribution is 2.49. The van der Waals surface area contributed by atoms with Crippen LogP contribution in [0.25, 0.3) is 0 Å². The fourth-order valence-corrected chi connectivity index (χ4v) is 2.93. The van der Waals surface area contributed by atoms with Gasteiger partial charge in [0.05, 0.1) is 12.3 Å². The third-order valence-electron chi connectivity index (χ3n) is 1.70. The van der Waals surface area contributed by atoms with Crippen molar-refractivity contribution in [2.24, 2.45) is 0 Å². The molecule has 1 N–H and O–H groups in total. The summed E-state index contributed by atoms with van der Waals surface area (Å²) in [4.78, 5) is 10.9. The number of carboxylic acids is 1. The standard InChI is InChI=1S/C11H11O3P/c1-4-7-10(11(12)13)15(14,8-5-2)9-6-3/h2-3,10H,8-9H2,1H3,(H,12,13). The average Bonchev–Trinajstić information content (AvgIpc) is 2.14. The van der Waals surface area contributed by atoms with Gasteiger partial charge >= 0.3 is 5.97 Å². The van der Waals surface area contributed by atoms with Gasteiger partial charge in [0.1, 0.15) is 7.14 Å². The minimum Gasteiger partial charge on any atom is -0.480 e. The van der Waals surface area contributed by atoms with Crippen LogP contribution in [0.5, 0.6) is 0 Å². The Morgan fingerprint density at radius 3 is 2.13 bits per heavy atom. The molecular formula is C11H11O3P. The Bertz CT molecular complexity index is 405. The molecule has 0 bridgehead atoms.